The quantitative estimate of drug-likeness (QED) is 0.319. The van der Waals surface area contributed by atoms with Gasteiger partial charge >= 0.3 is 5.97 Å². The summed E-state index contributed by atoms with van der Waals surface area (Å²) in [7, 11) is 1.46. The van der Waals surface area contributed by atoms with Crippen LogP contribution in [0.15, 0.2) is 104 Å². The largest absolute Gasteiger partial charge is 0.469 e. The van der Waals surface area contributed by atoms with Crippen molar-refractivity contribution in [1.82, 2.24) is 4.90 Å². The molecule has 2 atom stereocenters. The lowest BCUT2D eigenvalue weighted by Crippen LogP contribution is -2.37. The van der Waals surface area contributed by atoms with Crippen molar-refractivity contribution in [2.45, 2.75) is 25.6 Å². The van der Waals surface area contributed by atoms with Crippen LogP contribution in [0.3, 0.4) is 0 Å². The van der Waals surface area contributed by atoms with Crippen LogP contribution in [0.2, 0.25) is 0 Å². The van der Waals surface area contributed by atoms with Crippen LogP contribution in [-0.2, 0) is 22.6 Å². The highest BCUT2D eigenvalue weighted by Gasteiger charge is 2.34. The highest BCUT2D eigenvalue weighted by atomic mass is 16.5. The van der Waals surface area contributed by atoms with Crippen molar-refractivity contribution >= 4 is 5.97 Å². The minimum Gasteiger partial charge on any atom is -0.469 e. The van der Waals surface area contributed by atoms with Crippen LogP contribution in [0.1, 0.15) is 29.2 Å². The van der Waals surface area contributed by atoms with Crippen molar-refractivity contribution in [2.75, 3.05) is 7.11 Å². The minimum absolute atomic E-state index is 0.142. The molecule has 0 aliphatic rings. The maximum Gasteiger partial charge on any atom is 0.310 e. The molecule has 3 rings (SSSR count). The number of rotatable bonds is 10. The van der Waals surface area contributed by atoms with Gasteiger partial charge in [-0.25, -0.2) is 0 Å². The van der Waals surface area contributed by atoms with Gasteiger partial charge in [0.05, 0.1) is 13.0 Å². The number of hydrogen-bond donors (Lipinski definition) is 0. The van der Waals surface area contributed by atoms with E-state index >= 15 is 0 Å². The summed E-state index contributed by atoms with van der Waals surface area (Å²) in [5.41, 5.74) is 3.51. The maximum absolute atomic E-state index is 12.8. The minimum atomic E-state index is -0.345. The second-order valence-electron chi connectivity index (χ2n) is 7.39. The van der Waals surface area contributed by atoms with Crippen molar-refractivity contribution in [1.29, 1.82) is 0 Å². The number of carbonyl (C=O) groups is 1. The second-order valence-corrected chi connectivity index (χ2v) is 7.39. The highest BCUT2D eigenvalue weighted by molar-refractivity contribution is 5.73. The third-order valence-corrected chi connectivity index (χ3v) is 5.30. The van der Waals surface area contributed by atoms with E-state index in [0.717, 1.165) is 18.7 Å². The topological polar surface area (TPSA) is 29.5 Å². The van der Waals surface area contributed by atoms with E-state index in [-0.39, 0.29) is 17.9 Å². The molecular formula is C27H29NO2. The van der Waals surface area contributed by atoms with Gasteiger partial charge in [-0.05, 0) is 23.1 Å². The molecular weight excluding hydrogens is 370 g/mol. The Morgan fingerprint density at radius 3 is 1.77 bits per heavy atom. The van der Waals surface area contributed by atoms with Crippen LogP contribution < -0.4 is 0 Å². The zero-order valence-electron chi connectivity index (χ0n) is 17.5. The summed E-state index contributed by atoms with van der Waals surface area (Å²) in [6, 6.07) is 30.8. The summed E-state index contributed by atoms with van der Waals surface area (Å²) < 4.78 is 5.20. The van der Waals surface area contributed by atoms with Crippen molar-refractivity contribution in [2.24, 2.45) is 5.92 Å². The maximum atomic E-state index is 12.8. The Labute approximate surface area is 179 Å². The highest BCUT2D eigenvalue weighted by Crippen LogP contribution is 2.34. The van der Waals surface area contributed by atoms with Gasteiger partial charge in [0.2, 0.25) is 0 Å². The van der Waals surface area contributed by atoms with E-state index in [9.17, 15) is 4.79 Å². The molecule has 0 aliphatic carbocycles. The van der Waals surface area contributed by atoms with E-state index in [1.54, 1.807) is 6.08 Å². The van der Waals surface area contributed by atoms with Crippen LogP contribution >= 0.6 is 0 Å². The lowest BCUT2D eigenvalue weighted by atomic mass is 9.88. The summed E-state index contributed by atoms with van der Waals surface area (Å²) in [4.78, 5) is 15.2. The number of methoxy groups -OCH3 is 1. The average molecular weight is 400 g/mol. The van der Waals surface area contributed by atoms with Gasteiger partial charge in [-0.15, -0.1) is 6.58 Å². The SMILES string of the molecule is C=CC[C@H](C(=O)OC)[C@H](c1ccccc1)N(Cc1ccccc1)Cc1ccccc1. The Kier molecular flexibility index (Phi) is 7.99. The summed E-state index contributed by atoms with van der Waals surface area (Å²) in [6.07, 6.45) is 2.35. The average Bonchev–Trinajstić information content (AvgIpc) is 2.80. The monoisotopic (exact) mass is 399 g/mol. The zero-order chi connectivity index (χ0) is 21.2. The number of esters is 1. The van der Waals surface area contributed by atoms with Gasteiger partial charge in [0, 0.05) is 19.1 Å². The fourth-order valence-electron chi connectivity index (χ4n) is 3.92. The smallest absolute Gasteiger partial charge is 0.310 e. The lowest BCUT2D eigenvalue weighted by molar-refractivity contribution is -0.148. The van der Waals surface area contributed by atoms with Gasteiger partial charge in [-0.3, -0.25) is 9.69 Å². The second kappa shape index (κ2) is 11.1. The van der Waals surface area contributed by atoms with Crippen LogP contribution in [0, 0.1) is 5.92 Å². The van der Waals surface area contributed by atoms with E-state index in [1.165, 1.54) is 18.2 Å². The molecule has 154 valence electrons. The van der Waals surface area contributed by atoms with E-state index in [0.29, 0.717) is 6.42 Å². The molecule has 3 aromatic rings. The molecule has 0 heterocycles. The molecule has 0 radical (unpaired) electrons. The van der Waals surface area contributed by atoms with Crippen molar-refractivity contribution in [3.8, 4) is 0 Å². The molecule has 0 fully saturated rings. The van der Waals surface area contributed by atoms with Crippen LogP contribution in [-0.4, -0.2) is 18.0 Å². The first-order chi connectivity index (χ1) is 14.7. The predicted octanol–water partition coefficient (Wildman–Crippen LogP) is 5.80. The molecule has 0 bridgehead atoms. The first-order valence-corrected chi connectivity index (χ1v) is 10.3. The van der Waals surface area contributed by atoms with E-state index < -0.39 is 0 Å². The van der Waals surface area contributed by atoms with Gasteiger partial charge in [-0.1, -0.05) is 97.1 Å². The van der Waals surface area contributed by atoms with Gasteiger partial charge in [0.1, 0.15) is 0 Å². The van der Waals surface area contributed by atoms with Gasteiger partial charge in [-0.2, -0.15) is 0 Å². The molecule has 0 amide bonds. The molecule has 3 aromatic carbocycles. The molecule has 0 N–H and O–H groups in total. The van der Waals surface area contributed by atoms with Gasteiger partial charge < -0.3 is 4.74 Å². The summed E-state index contributed by atoms with van der Waals surface area (Å²) in [5.74, 6) is -0.558. The van der Waals surface area contributed by atoms with Crippen LogP contribution in [0.4, 0.5) is 0 Å². The Bertz CT molecular complexity index is 868. The third-order valence-electron chi connectivity index (χ3n) is 5.30. The predicted molar refractivity (Wildman–Crippen MR) is 122 cm³/mol. The van der Waals surface area contributed by atoms with Crippen LogP contribution in [0.5, 0.6) is 0 Å². The number of benzene rings is 3. The summed E-state index contributed by atoms with van der Waals surface area (Å²) >= 11 is 0. The molecule has 3 heteroatoms. The number of ether oxygens (including phenoxy) is 1. The number of hydrogen-bond acceptors (Lipinski definition) is 3. The zero-order valence-corrected chi connectivity index (χ0v) is 17.5. The standard InChI is InChI=1S/C27H29NO2/c1-3-13-25(27(29)30-2)26(24-18-11-6-12-19-24)28(20-22-14-7-4-8-15-22)21-23-16-9-5-10-17-23/h3-12,14-19,25-26H,1,13,20-21H2,2H3/t25-,26-/m0/s1. The summed E-state index contributed by atoms with van der Waals surface area (Å²) in [5, 5.41) is 0. The molecule has 0 aliphatic heterocycles. The number of carbonyl (C=O) groups excluding carboxylic acids is 1. The fraction of sp³-hybridized carbons (Fsp3) is 0.222. The summed E-state index contributed by atoms with van der Waals surface area (Å²) in [6.45, 7) is 5.34. The Hall–Kier alpha value is -3.17. The molecule has 30 heavy (non-hydrogen) atoms. The Balaban J connectivity index is 2.06. The van der Waals surface area contributed by atoms with E-state index in [1.807, 2.05) is 30.3 Å². The van der Waals surface area contributed by atoms with Crippen LogP contribution in [0.25, 0.3) is 0 Å². The van der Waals surface area contributed by atoms with Crippen molar-refractivity contribution < 1.29 is 9.53 Å². The van der Waals surface area contributed by atoms with Gasteiger partial charge in [0.25, 0.3) is 0 Å². The molecule has 0 spiro atoms. The molecule has 3 nitrogen and oxygen atoms in total. The Morgan fingerprint density at radius 2 is 1.33 bits per heavy atom. The molecule has 0 unspecified atom stereocenters. The molecule has 0 aromatic heterocycles. The van der Waals surface area contributed by atoms with Gasteiger partial charge in [0.15, 0.2) is 0 Å². The van der Waals surface area contributed by atoms with Crippen molar-refractivity contribution in [3.63, 3.8) is 0 Å². The normalized spacial score (nSPS) is 12.9. The molecule has 0 saturated carbocycles. The number of allylic oxidation sites excluding steroid dienone is 1. The molecule has 0 saturated heterocycles. The number of nitrogens with zero attached hydrogens (tertiary/aromatic N) is 1. The fourth-order valence-corrected chi connectivity index (χ4v) is 3.92. The Morgan fingerprint density at radius 1 is 0.867 bits per heavy atom. The lowest BCUT2D eigenvalue weighted by Gasteiger charge is -2.36. The van der Waals surface area contributed by atoms with E-state index in [4.69, 9.17) is 4.74 Å². The van der Waals surface area contributed by atoms with E-state index in [2.05, 4.69) is 72.1 Å². The first kappa shape index (κ1) is 21.5. The first-order valence-electron chi connectivity index (χ1n) is 10.3. The van der Waals surface area contributed by atoms with Crippen molar-refractivity contribution in [3.05, 3.63) is 120 Å². The third kappa shape index (κ3) is 5.68.